The average molecular weight is 374 g/mol. The van der Waals surface area contributed by atoms with E-state index in [4.69, 9.17) is 0 Å². The Bertz CT molecular complexity index is 643. The Morgan fingerprint density at radius 3 is 2.41 bits per heavy atom. The summed E-state index contributed by atoms with van der Waals surface area (Å²) in [6, 6.07) is 8.09. The molecule has 0 aliphatic carbocycles. The molecule has 5 heteroatoms. The topological polar surface area (TPSA) is 52.7 Å². The van der Waals surface area contributed by atoms with Gasteiger partial charge in [0.15, 0.2) is 0 Å². The van der Waals surface area contributed by atoms with Crippen molar-refractivity contribution in [2.45, 2.75) is 59.4 Å². The van der Waals surface area contributed by atoms with Crippen molar-refractivity contribution < 1.29 is 9.59 Å². The Morgan fingerprint density at radius 1 is 1.19 bits per heavy atom. The van der Waals surface area contributed by atoms with E-state index in [0.717, 1.165) is 50.1 Å². The molecule has 1 aliphatic heterocycles. The molecule has 0 radical (unpaired) electrons. The summed E-state index contributed by atoms with van der Waals surface area (Å²) in [6.45, 7) is 10.8. The fourth-order valence-corrected chi connectivity index (χ4v) is 3.60. The molecular weight excluding hydrogens is 338 g/mol. The Labute approximate surface area is 164 Å². The van der Waals surface area contributed by atoms with Gasteiger partial charge in [0.05, 0.1) is 5.56 Å². The summed E-state index contributed by atoms with van der Waals surface area (Å²) in [4.78, 5) is 29.0. The second kappa shape index (κ2) is 9.25. The number of hydrogen-bond acceptors (Lipinski definition) is 3. The van der Waals surface area contributed by atoms with Gasteiger partial charge in [-0.1, -0.05) is 39.8 Å². The lowest BCUT2D eigenvalue weighted by Gasteiger charge is -2.35. The minimum absolute atomic E-state index is 0.00853. The molecule has 1 aromatic rings. The number of rotatable bonds is 6. The smallest absolute Gasteiger partial charge is 0.255 e. The van der Waals surface area contributed by atoms with Crippen molar-refractivity contribution in [2.24, 2.45) is 5.41 Å². The van der Waals surface area contributed by atoms with Gasteiger partial charge < -0.3 is 15.1 Å². The molecule has 0 bridgehead atoms. The first-order chi connectivity index (χ1) is 12.7. The van der Waals surface area contributed by atoms with E-state index in [1.807, 2.05) is 31.3 Å². The summed E-state index contributed by atoms with van der Waals surface area (Å²) in [5, 5.41) is 3.18. The Morgan fingerprint density at radius 2 is 1.81 bits per heavy atom. The van der Waals surface area contributed by atoms with Crippen LogP contribution >= 0.6 is 0 Å². The van der Waals surface area contributed by atoms with Crippen LogP contribution in [0.1, 0.15) is 63.7 Å². The molecule has 1 N–H and O–H groups in total. The lowest BCUT2D eigenvalue weighted by atomic mass is 9.91. The fourth-order valence-electron chi connectivity index (χ4n) is 3.60. The van der Waals surface area contributed by atoms with Crippen LogP contribution < -0.4 is 10.2 Å². The standard InChI is InChI=1S/C22H35N3O2/c1-6-13-24(5)21(27)18-9-7-8-10-19(18)25-14-11-17(12-15-25)23-20(26)16-22(2,3)4/h7-10,17H,6,11-16H2,1-5H3,(H,23,26). The van der Waals surface area contributed by atoms with E-state index in [2.05, 4.69) is 37.9 Å². The monoisotopic (exact) mass is 373 g/mol. The highest BCUT2D eigenvalue weighted by Crippen LogP contribution is 2.26. The number of carbonyl (C=O) groups is 2. The largest absolute Gasteiger partial charge is 0.371 e. The van der Waals surface area contributed by atoms with Crippen LogP contribution in [0.4, 0.5) is 5.69 Å². The van der Waals surface area contributed by atoms with Crippen LogP contribution in [0.5, 0.6) is 0 Å². The van der Waals surface area contributed by atoms with E-state index in [-0.39, 0.29) is 23.3 Å². The SMILES string of the molecule is CCCN(C)C(=O)c1ccccc1N1CCC(NC(=O)CC(C)(C)C)CC1. The first-order valence-corrected chi connectivity index (χ1v) is 10.1. The van der Waals surface area contributed by atoms with Gasteiger partial charge in [-0.25, -0.2) is 0 Å². The van der Waals surface area contributed by atoms with Crippen molar-refractivity contribution in [3.63, 3.8) is 0 Å². The number of carbonyl (C=O) groups excluding carboxylic acids is 2. The number of hydrogen-bond donors (Lipinski definition) is 1. The van der Waals surface area contributed by atoms with Crippen LogP contribution in [0.2, 0.25) is 0 Å². The predicted molar refractivity (Wildman–Crippen MR) is 111 cm³/mol. The molecule has 1 saturated heterocycles. The summed E-state index contributed by atoms with van der Waals surface area (Å²) < 4.78 is 0. The zero-order valence-electron chi connectivity index (χ0n) is 17.5. The van der Waals surface area contributed by atoms with Crippen molar-refractivity contribution in [1.82, 2.24) is 10.2 Å². The average Bonchev–Trinajstić information content (AvgIpc) is 2.60. The Hall–Kier alpha value is -2.04. The number of nitrogens with one attached hydrogen (secondary N) is 1. The maximum atomic E-state index is 12.8. The third-order valence-electron chi connectivity index (χ3n) is 4.93. The third-order valence-corrected chi connectivity index (χ3v) is 4.93. The summed E-state index contributed by atoms with van der Waals surface area (Å²) in [5.74, 6) is 0.214. The van der Waals surface area contributed by atoms with Gasteiger partial charge in [0.2, 0.25) is 5.91 Å². The number of piperidine rings is 1. The molecule has 1 fully saturated rings. The van der Waals surface area contributed by atoms with Gasteiger partial charge in [0.25, 0.3) is 5.91 Å². The predicted octanol–water partition coefficient (Wildman–Crippen LogP) is 3.69. The Kier molecular flexibility index (Phi) is 7.28. The minimum Gasteiger partial charge on any atom is -0.371 e. The molecule has 0 aromatic heterocycles. The van der Waals surface area contributed by atoms with Gasteiger partial charge in [-0.05, 0) is 36.8 Å². The molecule has 27 heavy (non-hydrogen) atoms. The molecule has 0 unspecified atom stereocenters. The van der Waals surface area contributed by atoms with Gasteiger partial charge in [-0.3, -0.25) is 9.59 Å². The molecule has 1 heterocycles. The first kappa shape index (κ1) is 21.3. The molecule has 5 nitrogen and oxygen atoms in total. The quantitative estimate of drug-likeness (QED) is 0.827. The Balaban J connectivity index is 1.98. The summed E-state index contributed by atoms with van der Waals surface area (Å²) >= 11 is 0. The summed E-state index contributed by atoms with van der Waals surface area (Å²) in [5.41, 5.74) is 1.78. The van der Waals surface area contributed by atoms with E-state index < -0.39 is 0 Å². The molecule has 150 valence electrons. The second-order valence-corrected chi connectivity index (χ2v) is 8.81. The van der Waals surface area contributed by atoms with E-state index in [1.165, 1.54) is 0 Å². The van der Waals surface area contributed by atoms with E-state index >= 15 is 0 Å². The summed E-state index contributed by atoms with van der Waals surface area (Å²) in [7, 11) is 1.86. The molecule has 1 aliphatic rings. The van der Waals surface area contributed by atoms with Crippen LogP contribution in [-0.4, -0.2) is 49.4 Å². The molecule has 1 aromatic carbocycles. The van der Waals surface area contributed by atoms with Crippen molar-refractivity contribution in [2.75, 3.05) is 31.6 Å². The minimum atomic E-state index is 0.00853. The second-order valence-electron chi connectivity index (χ2n) is 8.81. The third kappa shape index (κ3) is 6.26. The van der Waals surface area contributed by atoms with Crippen molar-refractivity contribution in [1.29, 1.82) is 0 Å². The van der Waals surface area contributed by atoms with Crippen LogP contribution in [0.3, 0.4) is 0 Å². The van der Waals surface area contributed by atoms with Gasteiger partial charge in [-0.2, -0.15) is 0 Å². The van der Waals surface area contributed by atoms with Gasteiger partial charge in [0, 0.05) is 44.8 Å². The number of benzene rings is 1. The van der Waals surface area contributed by atoms with E-state index in [1.54, 1.807) is 4.90 Å². The first-order valence-electron chi connectivity index (χ1n) is 10.1. The van der Waals surface area contributed by atoms with Crippen molar-refractivity contribution in [3.05, 3.63) is 29.8 Å². The highest BCUT2D eigenvalue weighted by Gasteiger charge is 2.25. The fraction of sp³-hybridized carbons (Fsp3) is 0.636. The normalized spacial score (nSPS) is 15.5. The maximum absolute atomic E-state index is 12.8. The molecular formula is C22H35N3O2. The highest BCUT2D eigenvalue weighted by molar-refractivity contribution is 5.99. The van der Waals surface area contributed by atoms with Gasteiger partial charge in [0.1, 0.15) is 0 Å². The van der Waals surface area contributed by atoms with Crippen molar-refractivity contribution in [3.8, 4) is 0 Å². The van der Waals surface area contributed by atoms with Crippen LogP contribution in [0.15, 0.2) is 24.3 Å². The zero-order chi connectivity index (χ0) is 20.0. The van der Waals surface area contributed by atoms with Crippen LogP contribution in [-0.2, 0) is 4.79 Å². The van der Waals surface area contributed by atoms with Gasteiger partial charge >= 0.3 is 0 Å². The molecule has 2 rings (SSSR count). The number of anilines is 1. The molecule has 0 atom stereocenters. The molecule has 0 spiro atoms. The number of amides is 2. The molecule has 0 saturated carbocycles. The number of nitrogens with zero attached hydrogens (tertiary/aromatic N) is 2. The summed E-state index contributed by atoms with van der Waals surface area (Å²) in [6.07, 6.45) is 3.31. The zero-order valence-corrected chi connectivity index (χ0v) is 17.5. The lowest BCUT2D eigenvalue weighted by molar-refractivity contribution is -0.123. The molecule has 2 amide bonds. The number of para-hydroxylation sites is 1. The maximum Gasteiger partial charge on any atom is 0.255 e. The van der Waals surface area contributed by atoms with Crippen LogP contribution in [0, 0.1) is 5.41 Å². The van der Waals surface area contributed by atoms with Crippen LogP contribution in [0.25, 0.3) is 0 Å². The lowest BCUT2D eigenvalue weighted by Crippen LogP contribution is -2.45. The van der Waals surface area contributed by atoms with E-state index in [0.29, 0.717) is 6.42 Å². The van der Waals surface area contributed by atoms with Crippen molar-refractivity contribution >= 4 is 17.5 Å². The highest BCUT2D eigenvalue weighted by atomic mass is 16.2. The van der Waals surface area contributed by atoms with Gasteiger partial charge in [-0.15, -0.1) is 0 Å². The van der Waals surface area contributed by atoms with E-state index in [9.17, 15) is 9.59 Å².